The standard InChI is InChI=1S/C16H27N3O3.ClH/c1-7-4-8(7)5-10(13(20)14(17)21)19-15(22)12-11-9(6-18-12)16(11,2)3;/h7-13,18,20H,4-6H2,1-3H3,(H2,17,21)(H,19,22);1H/t7-,8+,9?,10?,11?,12?,13?;/m0./s1. The van der Waals surface area contributed by atoms with Gasteiger partial charge in [-0.2, -0.15) is 0 Å². The summed E-state index contributed by atoms with van der Waals surface area (Å²) in [7, 11) is 0. The Labute approximate surface area is 143 Å². The average Bonchev–Trinajstić information content (AvgIpc) is 3.16. The van der Waals surface area contributed by atoms with Gasteiger partial charge in [0.25, 0.3) is 0 Å². The molecule has 7 heteroatoms. The second kappa shape index (κ2) is 6.22. The maximum atomic E-state index is 12.6. The SMILES string of the molecule is C[C@H]1C[C@@H]1CC(NC(=O)C1NCC2C1C2(C)C)C(O)C(N)=O.Cl. The van der Waals surface area contributed by atoms with Crippen LogP contribution in [0.2, 0.25) is 0 Å². The van der Waals surface area contributed by atoms with E-state index in [2.05, 4.69) is 31.4 Å². The molecule has 3 fully saturated rings. The molecule has 3 rings (SSSR count). The molecule has 132 valence electrons. The van der Waals surface area contributed by atoms with Gasteiger partial charge >= 0.3 is 0 Å². The second-order valence-electron chi connectivity index (χ2n) is 8.01. The number of nitrogens with one attached hydrogen (secondary N) is 2. The number of amides is 2. The van der Waals surface area contributed by atoms with Gasteiger partial charge in [0, 0.05) is 0 Å². The van der Waals surface area contributed by atoms with Crippen LogP contribution in [0.1, 0.15) is 33.6 Å². The van der Waals surface area contributed by atoms with Crippen LogP contribution < -0.4 is 16.4 Å². The predicted molar refractivity (Wildman–Crippen MR) is 88.8 cm³/mol. The number of aliphatic hydroxyl groups is 1. The molecular weight excluding hydrogens is 318 g/mol. The number of carbonyl (C=O) groups excluding carboxylic acids is 2. The Morgan fingerprint density at radius 3 is 2.48 bits per heavy atom. The molecule has 2 aliphatic carbocycles. The molecule has 7 atom stereocenters. The van der Waals surface area contributed by atoms with Crippen molar-refractivity contribution in [2.45, 2.75) is 51.8 Å². The number of piperidine rings is 1. The predicted octanol–water partition coefficient (Wildman–Crippen LogP) is 0.0293. The largest absolute Gasteiger partial charge is 0.381 e. The fourth-order valence-corrected chi connectivity index (χ4v) is 4.27. The maximum absolute atomic E-state index is 12.6. The molecule has 0 radical (unpaired) electrons. The van der Waals surface area contributed by atoms with Gasteiger partial charge in [-0.1, -0.05) is 20.8 Å². The summed E-state index contributed by atoms with van der Waals surface area (Å²) in [6, 6.07) is -0.804. The minimum atomic E-state index is -1.32. The van der Waals surface area contributed by atoms with Gasteiger partial charge in [0.15, 0.2) is 6.10 Å². The molecule has 1 heterocycles. The number of aliphatic hydroxyl groups excluding tert-OH is 1. The van der Waals surface area contributed by atoms with Crippen molar-refractivity contribution in [1.29, 1.82) is 0 Å². The summed E-state index contributed by atoms with van der Waals surface area (Å²) in [6.45, 7) is 7.37. The zero-order chi connectivity index (χ0) is 16.2. The van der Waals surface area contributed by atoms with Crippen LogP contribution in [-0.4, -0.2) is 41.7 Å². The van der Waals surface area contributed by atoms with E-state index in [0.29, 0.717) is 30.1 Å². The van der Waals surface area contributed by atoms with E-state index in [1.807, 2.05) is 0 Å². The second-order valence-corrected chi connectivity index (χ2v) is 8.01. The van der Waals surface area contributed by atoms with Crippen LogP contribution in [0.5, 0.6) is 0 Å². The molecule has 23 heavy (non-hydrogen) atoms. The van der Waals surface area contributed by atoms with E-state index in [-0.39, 0.29) is 29.8 Å². The van der Waals surface area contributed by atoms with Gasteiger partial charge in [0.1, 0.15) is 0 Å². The first-order valence-electron chi connectivity index (χ1n) is 8.24. The molecule has 2 saturated carbocycles. The molecule has 5 N–H and O–H groups in total. The number of nitrogens with two attached hydrogens (primary N) is 1. The van der Waals surface area contributed by atoms with Gasteiger partial charge in [-0.05, 0) is 48.5 Å². The molecule has 2 amide bonds. The lowest BCUT2D eigenvalue weighted by molar-refractivity contribution is -0.130. The van der Waals surface area contributed by atoms with Gasteiger partial charge in [-0.25, -0.2) is 0 Å². The molecule has 1 aliphatic heterocycles. The molecule has 5 unspecified atom stereocenters. The van der Waals surface area contributed by atoms with E-state index in [1.165, 1.54) is 0 Å². The van der Waals surface area contributed by atoms with Gasteiger partial charge in [-0.3, -0.25) is 9.59 Å². The molecule has 0 bridgehead atoms. The van der Waals surface area contributed by atoms with E-state index in [4.69, 9.17) is 5.73 Å². The number of primary amides is 1. The number of carbonyl (C=O) groups is 2. The summed E-state index contributed by atoms with van der Waals surface area (Å²) in [5, 5.41) is 16.1. The Balaban J connectivity index is 0.00000192. The maximum Gasteiger partial charge on any atom is 0.248 e. The van der Waals surface area contributed by atoms with E-state index < -0.39 is 18.1 Å². The van der Waals surface area contributed by atoms with Gasteiger partial charge in [-0.15, -0.1) is 12.4 Å². The Hall–Kier alpha value is -0.850. The smallest absolute Gasteiger partial charge is 0.248 e. The van der Waals surface area contributed by atoms with Crippen LogP contribution in [0.25, 0.3) is 0 Å². The van der Waals surface area contributed by atoms with Crippen molar-refractivity contribution in [2.24, 2.45) is 34.8 Å². The lowest BCUT2D eigenvalue weighted by Crippen LogP contribution is -2.54. The lowest BCUT2D eigenvalue weighted by atomic mass is 9.99. The molecule has 1 saturated heterocycles. The first kappa shape index (κ1) is 18.5. The van der Waals surface area contributed by atoms with Crippen molar-refractivity contribution in [3.8, 4) is 0 Å². The van der Waals surface area contributed by atoms with E-state index in [0.717, 1.165) is 13.0 Å². The minimum absolute atomic E-state index is 0. The molecular formula is C16H28ClN3O3. The van der Waals surface area contributed by atoms with Crippen molar-refractivity contribution in [2.75, 3.05) is 6.54 Å². The lowest BCUT2D eigenvalue weighted by Gasteiger charge is -2.25. The highest BCUT2D eigenvalue weighted by molar-refractivity contribution is 5.86. The monoisotopic (exact) mass is 345 g/mol. The summed E-state index contributed by atoms with van der Waals surface area (Å²) in [5.74, 6) is 1.06. The molecule has 0 aromatic carbocycles. The van der Waals surface area contributed by atoms with E-state index in [9.17, 15) is 14.7 Å². The van der Waals surface area contributed by atoms with Gasteiger partial charge in [0.05, 0.1) is 12.1 Å². The summed E-state index contributed by atoms with van der Waals surface area (Å²) < 4.78 is 0. The molecule has 0 aromatic rings. The van der Waals surface area contributed by atoms with Crippen LogP contribution in [0.4, 0.5) is 0 Å². The highest BCUT2D eigenvalue weighted by Crippen LogP contribution is 2.62. The highest BCUT2D eigenvalue weighted by atomic mass is 35.5. The first-order chi connectivity index (χ1) is 10.2. The fraction of sp³-hybridized carbons (Fsp3) is 0.875. The number of halogens is 1. The normalized spacial score (nSPS) is 38.7. The van der Waals surface area contributed by atoms with Crippen LogP contribution in [0, 0.1) is 29.1 Å². The summed E-state index contributed by atoms with van der Waals surface area (Å²) >= 11 is 0. The van der Waals surface area contributed by atoms with Crippen molar-refractivity contribution in [3.63, 3.8) is 0 Å². The fourth-order valence-electron chi connectivity index (χ4n) is 4.27. The third-order valence-electron chi connectivity index (χ3n) is 6.17. The van der Waals surface area contributed by atoms with Crippen molar-refractivity contribution in [1.82, 2.24) is 10.6 Å². The number of fused-ring (bicyclic) bond motifs is 1. The first-order valence-corrected chi connectivity index (χ1v) is 8.24. The number of rotatable bonds is 6. The van der Waals surface area contributed by atoms with Gasteiger partial charge in [0.2, 0.25) is 11.8 Å². The Bertz CT molecular complexity index is 499. The van der Waals surface area contributed by atoms with Crippen LogP contribution in [-0.2, 0) is 9.59 Å². The third kappa shape index (κ3) is 3.35. The molecule has 0 aromatic heterocycles. The van der Waals surface area contributed by atoms with E-state index in [1.54, 1.807) is 0 Å². The Kier molecular flexibility index (Phi) is 5.00. The van der Waals surface area contributed by atoms with Crippen LogP contribution in [0.3, 0.4) is 0 Å². The highest BCUT2D eigenvalue weighted by Gasteiger charge is 2.65. The molecule has 3 aliphatic rings. The van der Waals surface area contributed by atoms with Crippen molar-refractivity contribution >= 4 is 24.2 Å². The average molecular weight is 346 g/mol. The molecule has 0 spiro atoms. The number of hydrogen-bond donors (Lipinski definition) is 4. The summed E-state index contributed by atoms with van der Waals surface area (Å²) in [4.78, 5) is 23.9. The third-order valence-corrected chi connectivity index (χ3v) is 6.17. The van der Waals surface area contributed by atoms with Crippen molar-refractivity contribution in [3.05, 3.63) is 0 Å². The van der Waals surface area contributed by atoms with Gasteiger partial charge < -0.3 is 21.5 Å². The van der Waals surface area contributed by atoms with Crippen molar-refractivity contribution < 1.29 is 14.7 Å². The Morgan fingerprint density at radius 2 is 2.04 bits per heavy atom. The van der Waals surface area contributed by atoms with Crippen LogP contribution in [0.15, 0.2) is 0 Å². The Morgan fingerprint density at radius 1 is 1.43 bits per heavy atom. The quantitative estimate of drug-likeness (QED) is 0.545. The minimum Gasteiger partial charge on any atom is -0.381 e. The zero-order valence-corrected chi connectivity index (χ0v) is 14.7. The summed E-state index contributed by atoms with van der Waals surface area (Å²) in [5.41, 5.74) is 5.42. The molecule has 6 nitrogen and oxygen atoms in total. The number of hydrogen-bond acceptors (Lipinski definition) is 4. The summed E-state index contributed by atoms with van der Waals surface area (Å²) in [6.07, 6.45) is 0.375. The zero-order valence-electron chi connectivity index (χ0n) is 13.9. The van der Waals surface area contributed by atoms with Crippen LogP contribution >= 0.6 is 12.4 Å². The topological polar surface area (TPSA) is 104 Å². The van der Waals surface area contributed by atoms with E-state index >= 15 is 0 Å².